The van der Waals surface area contributed by atoms with Crippen molar-refractivity contribution in [2.45, 2.75) is 6.54 Å². The van der Waals surface area contributed by atoms with Crippen LogP contribution in [0, 0.1) is 0 Å². The van der Waals surface area contributed by atoms with Gasteiger partial charge >= 0.3 is 0 Å². The van der Waals surface area contributed by atoms with Crippen LogP contribution in [0.25, 0.3) is 0 Å². The molecule has 6 nitrogen and oxygen atoms in total. The molecule has 0 atom stereocenters. The molecular formula is C17H20N4O2. The van der Waals surface area contributed by atoms with Crippen LogP contribution in [-0.2, 0) is 11.3 Å². The molecule has 0 spiro atoms. The highest BCUT2D eigenvalue weighted by Crippen LogP contribution is 2.14. The molecule has 0 aliphatic carbocycles. The maximum Gasteiger partial charge on any atom is 0.253 e. The van der Waals surface area contributed by atoms with Gasteiger partial charge < -0.3 is 20.7 Å². The molecule has 1 aliphatic heterocycles. The number of nitrogen functional groups attached to an aromatic ring is 1. The number of anilines is 2. The van der Waals surface area contributed by atoms with Gasteiger partial charge in [0, 0.05) is 31.5 Å². The van der Waals surface area contributed by atoms with Crippen molar-refractivity contribution < 1.29 is 9.53 Å². The number of ether oxygens (including phenoxy) is 1. The number of hydrogen-bond donors (Lipinski definition) is 2. The van der Waals surface area contributed by atoms with E-state index in [1.54, 1.807) is 30.5 Å². The Hall–Kier alpha value is -2.60. The normalized spacial score (nSPS) is 14.5. The molecule has 1 saturated heterocycles. The highest BCUT2D eigenvalue weighted by molar-refractivity contribution is 5.98. The Kier molecular flexibility index (Phi) is 4.73. The number of aromatic nitrogens is 1. The highest BCUT2D eigenvalue weighted by atomic mass is 16.5. The number of benzene rings is 1. The average Bonchev–Trinajstić information content (AvgIpc) is 2.61. The quantitative estimate of drug-likeness (QED) is 0.835. The third kappa shape index (κ3) is 3.78. The number of nitrogens with one attached hydrogen (secondary N) is 1. The van der Waals surface area contributed by atoms with Gasteiger partial charge in [0.15, 0.2) is 0 Å². The van der Waals surface area contributed by atoms with Gasteiger partial charge in [0.05, 0.1) is 18.8 Å². The minimum absolute atomic E-state index is 0.180. The molecule has 1 aromatic carbocycles. The Morgan fingerprint density at radius 1 is 1.22 bits per heavy atom. The Morgan fingerprint density at radius 2 is 2.00 bits per heavy atom. The number of para-hydroxylation sites is 1. The van der Waals surface area contributed by atoms with E-state index in [2.05, 4.69) is 15.2 Å². The van der Waals surface area contributed by atoms with Gasteiger partial charge in [0.1, 0.15) is 5.82 Å². The predicted octanol–water partition coefficient (Wildman–Crippen LogP) is 1.43. The van der Waals surface area contributed by atoms with E-state index >= 15 is 0 Å². The summed E-state index contributed by atoms with van der Waals surface area (Å²) in [5.74, 6) is 0.760. The fourth-order valence-electron chi connectivity index (χ4n) is 2.48. The van der Waals surface area contributed by atoms with Gasteiger partial charge in [-0.3, -0.25) is 4.79 Å². The second kappa shape index (κ2) is 7.11. The van der Waals surface area contributed by atoms with Gasteiger partial charge in [0.2, 0.25) is 0 Å². The fourth-order valence-corrected chi connectivity index (χ4v) is 2.48. The molecule has 2 heterocycles. The van der Waals surface area contributed by atoms with Gasteiger partial charge in [-0.2, -0.15) is 0 Å². The average molecular weight is 312 g/mol. The van der Waals surface area contributed by atoms with Crippen LogP contribution in [0.1, 0.15) is 15.9 Å². The summed E-state index contributed by atoms with van der Waals surface area (Å²) in [6.45, 7) is 3.60. The van der Waals surface area contributed by atoms with Crippen molar-refractivity contribution in [3.05, 3.63) is 53.7 Å². The first kappa shape index (κ1) is 15.3. The van der Waals surface area contributed by atoms with E-state index in [1.807, 2.05) is 12.1 Å². The van der Waals surface area contributed by atoms with Gasteiger partial charge in [-0.1, -0.05) is 18.2 Å². The van der Waals surface area contributed by atoms with E-state index in [1.165, 1.54) is 0 Å². The van der Waals surface area contributed by atoms with E-state index in [4.69, 9.17) is 10.5 Å². The molecule has 23 heavy (non-hydrogen) atoms. The first-order valence-electron chi connectivity index (χ1n) is 7.64. The number of rotatable bonds is 4. The van der Waals surface area contributed by atoms with E-state index in [-0.39, 0.29) is 5.91 Å². The van der Waals surface area contributed by atoms with Crippen molar-refractivity contribution in [1.82, 2.24) is 10.3 Å². The van der Waals surface area contributed by atoms with Gasteiger partial charge in [0.25, 0.3) is 5.91 Å². The molecular weight excluding hydrogens is 292 g/mol. The largest absolute Gasteiger partial charge is 0.398 e. The molecule has 0 unspecified atom stereocenters. The van der Waals surface area contributed by atoms with Crippen LogP contribution < -0.4 is 16.0 Å². The molecule has 1 fully saturated rings. The SMILES string of the molecule is Nc1ccccc1C(=O)NCc1ccc(N2CCOCC2)nc1. The molecule has 3 rings (SSSR count). The monoisotopic (exact) mass is 312 g/mol. The number of morpholine rings is 1. The Morgan fingerprint density at radius 3 is 2.70 bits per heavy atom. The second-order valence-electron chi connectivity index (χ2n) is 5.39. The van der Waals surface area contributed by atoms with E-state index < -0.39 is 0 Å². The van der Waals surface area contributed by atoms with Crippen LogP contribution in [0.3, 0.4) is 0 Å². The topological polar surface area (TPSA) is 80.5 Å². The number of carbonyl (C=O) groups is 1. The molecule has 0 bridgehead atoms. The Balaban J connectivity index is 1.58. The van der Waals surface area contributed by atoms with Crippen LogP contribution in [0.2, 0.25) is 0 Å². The molecule has 0 radical (unpaired) electrons. The van der Waals surface area contributed by atoms with Crippen LogP contribution >= 0.6 is 0 Å². The minimum atomic E-state index is -0.180. The summed E-state index contributed by atoms with van der Waals surface area (Å²) in [6, 6.07) is 11.0. The highest BCUT2D eigenvalue weighted by Gasteiger charge is 2.12. The van der Waals surface area contributed by atoms with Crippen LogP contribution in [0.4, 0.5) is 11.5 Å². The summed E-state index contributed by atoms with van der Waals surface area (Å²) >= 11 is 0. The minimum Gasteiger partial charge on any atom is -0.398 e. The molecule has 3 N–H and O–H groups in total. The Bertz CT molecular complexity index is 667. The Labute approximate surface area is 135 Å². The van der Waals surface area contributed by atoms with Crippen molar-refractivity contribution in [3.63, 3.8) is 0 Å². The first-order chi connectivity index (χ1) is 11.2. The van der Waals surface area contributed by atoms with Crippen molar-refractivity contribution in [2.24, 2.45) is 0 Å². The lowest BCUT2D eigenvalue weighted by molar-refractivity contribution is 0.0951. The zero-order valence-electron chi connectivity index (χ0n) is 12.9. The van der Waals surface area contributed by atoms with Gasteiger partial charge in [-0.15, -0.1) is 0 Å². The van der Waals surface area contributed by atoms with Crippen LogP contribution in [0.5, 0.6) is 0 Å². The van der Waals surface area contributed by atoms with Gasteiger partial charge in [-0.25, -0.2) is 4.98 Å². The van der Waals surface area contributed by atoms with Crippen LogP contribution in [-0.4, -0.2) is 37.2 Å². The summed E-state index contributed by atoms with van der Waals surface area (Å²) in [5, 5.41) is 2.86. The lowest BCUT2D eigenvalue weighted by Crippen LogP contribution is -2.36. The fraction of sp³-hybridized carbons (Fsp3) is 0.294. The summed E-state index contributed by atoms with van der Waals surface area (Å²) in [6.07, 6.45) is 1.79. The van der Waals surface area contributed by atoms with E-state index in [9.17, 15) is 4.79 Å². The third-order valence-corrected chi connectivity index (χ3v) is 3.80. The molecule has 2 aromatic rings. The lowest BCUT2D eigenvalue weighted by Gasteiger charge is -2.27. The maximum atomic E-state index is 12.1. The molecule has 120 valence electrons. The second-order valence-corrected chi connectivity index (χ2v) is 5.39. The molecule has 1 aromatic heterocycles. The number of nitrogens with zero attached hydrogens (tertiary/aromatic N) is 2. The summed E-state index contributed by atoms with van der Waals surface area (Å²) in [5.41, 5.74) is 7.72. The number of pyridine rings is 1. The molecule has 1 aliphatic rings. The number of carbonyl (C=O) groups excluding carboxylic acids is 1. The molecule has 6 heteroatoms. The number of amides is 1. The standard InChI is InChI=1S/C17H20N4O2/c18-15-4-2-1-3-14(15)17(22)20-12-13-5-6-16(19-11-13)21-7-9-23-10-8-21/h1-6,11H,7-10,12,18H2,(H,20,22). The number of hydrogen-bond acceptors (Lipinski definition) is 5. The van der Waals surface area contributed by atoms with Crippen LogP contribution in [0.15, 0.2) is 42.6 Å². The van der Waals surface area contributed by atoms with E-state index in [0.717, 1.165) is 37.7 Å². The van der Waals surface area contributed by atoms with Gasteiger partial charge in [-0.05, 0) is 23.8 Å². The van der Waals surface area contributed by atoms with Crippen molar-refractivity contribution in [2.75, 3.05) is 36.9 Å². The summed E-state index contributed by atoms with van der Waals surface area (Å²) in [7, 11) is 0. The predicted molar refractivity (Wildman–Crippen MR) is 89.3 cm³/mol. The molecule has 1 amide bonds. The first-order valence-corrected chi connectivity index (χ1v) is 7.64. The van der Waals surface area contributed by atoms with Crippen molar-refractivity contribution in [3.8, 4) is 0 Å². The smallest absolute Gasteiger partial charge is 0.253 e. The summed E-state index contributed by atoms with van der Waals surface area (Å²) < 4.78 is 5.33. The molecule has 0 saturated carbocycles. The third-order valence-electron chi connectivity index (χ3n) is 3.80. The number of nitrogens with two attached hydrogens (primary N) is 1. The zero-order valence-corrected chi connectivity index (χ0v) is 12.9. The van der Waals surface area contributed by atoms with E-state index in [0.29, 0.717) is 17.8 Å². The zero-order chi connectivity index (χ0) is 16.1. The summed E-state index contributed by atoms with van der Waals surface area (Å²) in [4.78, 5) is 18.8. The van der Waals surface area contributed by atoms with Crippen molar-refractivity contribution >= 4 is 17.4 Å². The lowest BCUT2D eigenvalue weighted by atomic mass is 10.1. The maximum absolute atomic E-state index is 12.1. The van der Waals surface area contributed by atoms with Crippen molar-refractivity contribution in [1.29, 1.82) is 0 Å².